The van der Waals surface area contributed by atoms with E-state index in [2.05, 4.69) is 0 Å². The van der Waals surface area contributed by atoms with E-state index in [1.165, 1.54) is 6.42 Å². The molecule has 1 aliphatic rings. The molecule has 2 N–H and O–H groups in total. The van der Waals surface area contributed by atoms with E-state index in [1.807, 2.05) is 23.9 Å². The number of piperidine rings is 1. The first-order valence-corrected chi connectivity index (χ1v) is 5.79. The predicted octanol–water partition coefficient (Wildman–Crippen LogP) is 0.278. The van der Waals surface area contributed by atoms with E-state index in [0.29, 0.717) is 19.1 Å². The number of nitrogens with two attached hydrogens (primary N) is 1. The first kappa shape index (κ1) is 12.5. The summed E-state index contributed by atoms with van der Waals surface area (Å²) in [6.45, 7) is 2.11. The van der Waals surface area contributed by atoms with Crippen LogP contribution < -0.4 is 5.73 Å². The number of likely N-dealkylation sites (tertiary alicyclic amines) is 1. The Morgan fingerprint density at radius 1 is 1.47 bits per heavy atom. The third-order valence-electron chi connectivity index (χ3n) is 2.90. The Balaban J connectivity index is 2.51. The smallest absolute Gasteiger partial charge is 0.236 e. The van der Waals surface area contributed by atoms with Gasteiger partial charge in [-0.3, -0.25) is 4.79 Å². The van der Waals surface area contributed by atoms with Gasteiger partial charge >= 0.3 is 0 Å². The predicted molar refractivity (Wildman–Crippen MR) is 61.6 cm³/mol. The number of likely N-dealkylation sites (N-methyl/N-ethyl adjacent to an activating group) is 1. The third-order valence-corrected chi connectivity index (χ3v) is 2.90. The van der Waals surface area contributed by atoms with Crippen molar-refractivity contribution in [2.45, 2.75) is 31.7 Å². The molecule has 0 spiro atoms. The summed E-state index contributed by atoms with van der Waals surface area (Å²) >= 11 is 0. The lowest BCUT2D eigenvalue weighted by molar-refractivity contribution is -0.135. The summed E-state index contributed by atoms with van der Waals surface area (Å²) in [5.74, 6) is 0.248. The van der Waals surface area contributed by atoms with E-state index < -0.39 is 0 Å². The molecule has 1 aliphatic heterocycles. The Morgan fingerprint density at radius 3 is 2.80 bits per heavy atom. The largest absolute Gasteiger partial charge is 0.339 e. The van der Waals surface area contributed by atoms with Gasteiger partial charge < -0.3 is 15.5 Å². The van der Waals surface area contributed by atoms with Crippen molar-refractivity contribution in [3.63, 3.8) is 0 Å². The van der Waals surface area contributed by atoms with Crippen LogP contribution in [0.1, 0.15) is 25.7 Å². The number of hydrogen-bond donors (Lipinski definition) is 1. The fourth-order valence-corrected chi connectivity index (χ4v) is 2.18. The number of amides is 1. The molecule has 4 heteroatoms. The first-order chi connectivity index (χ1) is 7.15. The van der Waals surface area contributed by atoms with Crippen LogP contribution in [0.3, 0.4) is 0 Å². The fourth-order valence-electron chi connectivity index (χ4n) is 2.18. The number of hydrogen-bond acceptors (Lipinski definition) is 3. The van der Waals surface area contributed by atoms with E-state index in [0.717, 1.165) is 25.8 Å². The molecule has 1 amide bonds. The van der Waals surface area contributed by atoms with Gasteiger partial charge in [-0.2, -0.15) is 0 Å². The molecule has 0 aliphatic carbocycles. The van der Waals surface area contributed by atoms with Gasteiger partial charge in [0, 0.05) is 12.6 Å². The van der Waals surface area contributed by atoms with Gasteiger partial charge in [-0.25, -0.2) is 0 Å². The second kappa shape index (κ2) is 6.08. The van der Waals surface area contributed by atoms with E-state index >= 15 is 0 Å². The fraction of sp³-hybridized carbons (Fsp3) is 0.909. The molecule has 1 rings (SSSR count). The minimum atomic E-state index is 0.248. The molecule has 0 saturated carbocycles. The maximum Gasteiger partial charge on any atom is 0.236 e. The molecule has 0 bridgehead atoms. The van der Waals surface area contributed by atoms with Crippen molar-refractivity contribution in [3.8, 4) is 0 Å². The molecule has 0 aromatic heterocycles. The Bertz CT molecular complexity index is 204. The van der Waals surface area contributed by atoms with Crippen LogP contribution in [0.25, 0.3) is 0 Å². The van der Waals surface area contributed by atoms with Gasteiger partial charge in [0.2, 0.25) is 5.91 Å². The SMILES string of the molecule is CN(C)CC(=O)N1CCCCC1CCN. The topological polar surface area (TPSA) is 49.6 Å². The molecule has 1 atom stereocenters. The Labute approximate surface area is 92.4 Å². The van der Waals surface area contributed by atoms with Gasteiger partial charge in [-0.1, -0.05) is 0 Å². The lowest BCUT2D eigenvalue weighted by Crippen LogP contribution is -2.47. The highest BCUT2D eigenvalue weighted by atomic mass is 16.2. The average molecular weight is 213 g/mol. The Hall–Kier alpha value is -0.610. The van der Waals surface area contributed by atoms with Gasteiger partial charge in [0.15, 0.2) is 0 Å². The lowest BCUT2D eigenvalue weighted by atomic mass is 9.99. The second-order valence-corrected chi connectivity index (χ2v) is 4.55. The van der Waals surface area contributed by atoms with E-state index in [9.17, 15) is 4.79 Å². The summed E-state index contributed by atoms with van der Waals surface area (Å²) in [7, 11) is 3.86. The second-order valence-electron chi connectivity index (χ2n) is 4.55. The van der Waals surface area contributed by atoms with Crippen LogP contribution >= 0.6 is 0 Å². The summed E-state index contributed by atoms with van der Waals surface area (Å²) in [4.78, 5) is 15.9. The maximum atomic E-state index is 11.9. The quantitative estimate of drug-likeness (QED) is 0.729. The van der Waals surface area contributed by atoms with Crippen molar-refractivity contribution >= 4 is 5.91 Å². The van der Waals surface area contributed by atoms with Gasteiger partial charge in [0.05, 0.1) is 6.54 Å². The molecular formula is C11H23N3O. The zero-order chi connectivity index (χ0) is 11.3. The summed E-state index contributed by atoms with van der Waals surface area (Å²) in [6.07, 6.45) is 4.44. The highest BCUT2D eigenvalue weighted by Gasteiger charge is 2.25. The highest BCUT2D eigenvalue weighted by Crippen LogP contribution is 2.19. The van der Waals surface area contributed by atoms with Gasteiger partial charge in [-0.15, -0.1) is 0 Å². The number of carbonyl (C=O) groups excluding carboxylic acids is 1. The molecule has 0 radical (unpaired) electrons. The molecule has 1 fully saturated rings. The van der Waals surface area contributed by atoms with Crippen LogP contribution in [-0.4, -0.2) is 55.5 Å². The summed E-state index contributed by atoms with van der Waals surface area (Å²) in [6, 6.07) is 0.385. The number of nitrogens with zero attached hydrogens (tertiary/aromatic N) is 2. The summed E-state index contributed by atoms with van der Waals surface area (Å²) in [5, 5.41) is 0. The zero-order valence-electron chi connectivity index (χ0n) is 9.91. The molecular weight excluding hydrogens is 190 g/mol. The number of rotatable bonds is 4. The van der Waals surface area contributed by atoms with Crippen LogP contribution in [0.2, 0.25) is 0 Å². The van der Waals surface area contributed by atoms with Crippen LogP contribution in [0.15, 0.2) is 0 Å². The minimum Gasteiger partial charge on any atom is -0.339 e. The summed E-state index contributed by atoms with van der Waals surface area (Å²) in [5.41, 5.74) is 5.57. The lowest BCUT2D eigenvalue weighted by Gasteiger charge is -2.36. The molecule has 1 unspecified atom stereocenters. The normalized spacial score (nSPS) is 22.1. The Kier molecular flexibility index (Phi) is 5.05. The van der Waals surface area contributed by atoms with Crippen molar-refractivity contribution in [2.24, 2.45) is 5.73 Å². The number of carbonyl (C=O) groups is 1. The average Bonchev–Trinajstić information content (AvgIpc) is 2.18. The van der Waals surface area contributed by atoms with Crippen molar-refractivity contribution in [3.05, 3.63) is 0 Å². The molecule has 0 aromatic rings. The molecule has 4 nitrogen and oxygen atoms in total. The maximum absolute atomic E-state index is 11.9. The van der Waals surface area contributed by atoms with Crippen molar-refractivity contribution in [1.82, 2.24) is 9.80 Å². The molecule has 88 valence electrons. The zero-order valence-corrected chi connectivity index (χ0v) is 9.91. The third kappa shape index (κ3) is 3.80. The molecule has 1 saturated heterocycles. The van der Waals surface area contributed by atoms with Crippen LogP contribution in [0, 0.1) is 0 Å². The van der Waals surface area contributed by atoms with Crippen LogP contribution in [-0.2, 0) is 4.79 Å². The van der Waals surface area contributed by atoms with Gasteiger partial charge in [0.1, 0.15) is 0 Å². The van der Waals surface area contributed by atoms with E-state index in [4.69, 9.17) is 5.73 Å². The van der Waals surface area contributed by atoms with Crippen molar-refractivity contribution in [1.29, 1.82) is 0 Å². The van der Waals surface area contributed by atoms with E-state index in [-0.39, 0.29) is 5.91 Å². The first-order valence-electron chi connectivity index (χ1n) is 5.79. The monoisotopic (exact) mass is 213 g/mol. The van der Waals surface area contributed by atoms with Gasteiger partial charge in [-0.05, 0) is 46.3 Å². The van der Waals surface area contributed by atoms with Crippen LogP contribution in [0.4, 0.5) is 0 Å². The standard InChI is InChI=1S/C11H23N3O/c1-13(2)9-11(15)14-8-4-3-5-10(14)6-7-12/h10H,3-9,12H2,1-2H3. The summed E-state index contributed by atoms with van der Waals surface area (Å²) < 4.78 is 0. The molecule has 15 heavy (non-hydrogen) atoms. The van der Waals surface area contributed by atoms with E-state index in [1.54, 1.807) is 0 Å². The molecule has 0 aromatic carbocycles. The van der Waals surface area contributed by atoms with Crippen molar-refractivity contribution < 1.29 is 4.79 Å². The van der Waals surface area contributed by atoms with Crippen molar-refractivity contribution in [2.75, 3.05) is 33.7 Å². The van der Waals surface area contributed by atoms with Crippen LogP contribution in [0.5, 0.6) is 0 Å². The van der Waals surface area contributed by atoms with Gasteiger partial charge in [0.25, 0.3) is 0 Å². The highest BCUT2D eigenvalue weighted by molar-refractivity contribution is 5.78. The molecule has 1 heterocycles. The minimum absolute atomic E-state index is 0.248. The Morgan fingerprint density at radius 2 is 2.20 bits per heavy atom.